The topological polar surface area (TPSA) is 47.1 Å². The van der Waals surface area contributed by atoms with E-state index in [2.05, 4.69) is 10.0 Å². The number of nitrogens with one attached hydrogen (secondary N) is 2. The maximum Gasteiger partial charge on any atom is 0.149 e. The predicted molar refractivity (Wildman–Crippen MR) is 80.0 cm³/mol. The Labute approximate surface area is 122 Å². The SMILES string of the molecule is CCNc1c(F)cc([C@@H](C)N[S@+]([O-])C(C)(C)C)cc1F. The van der Waals surface area contributed by atoms with Gasteiger partial charge in [-0.05, 0) is 52.3 Å². The van der Waals surface area contributed by atoms with Gasteiger partial charge in [0.1, 0.15) is 22.1 Å². The van der Waals surface area contributed by atoms with Crippen molar-refractivity contribution in [1.29, 1.82) is 0 Å². The molecule has 0 fully saturated rings. The van der Waals surface area contributed by atoms with Gasteiger partial charge in [0.2, 0.25) is 0 Å². The Morgan fingerprint density at radius 3 is 2.15 bits per heavy atom. The van der Waals surface area contributed by atoms with Crippen LogP contribution in [0.5, 0.6) is 0 Å². The van der Waals surface area contributed by atoms with E-state index in [1.54, 1.807) is 13.8 Å². The first kappa shape index (κ1) is 17.2. The van der Waals surface area contributed by atoms with Crippen molar-refractivity contribution in [2.24, 2.45) is 0 Å². The van der Waals surface area contributed by atoms with E-state index in [4.69, 9.17) is 0 Å². The quantitative estimate of drug-likeness (QED) is 0.818. The summed E-state index contributed by atoms with van der Waals surface area (Å²) in [6.07, 6.45) is 0. The number of halogens is 2. The molecule has 0 radical (unpaired) electrons. The van der Waals surface area contributed by atoms with Crippen molar-refractivity contribution in [3.63, 3.8) is 0 Å². The smallest absolute Gasteiger partial charge is 0.149 e. The molecular formula is C14H22F2N2OS. The van der Waals surface area contributed by atoms with Crippen LogP contribution in [0.15, 0.2) is 12.1 Å². The number of anilines is 1. The molecule has 0 bridgehead atoms. The van der Waals surface area contributed by atoms with Gasteiger partial charge in [-0.25, -0.2) is 8.78 Å². The number of hydrogen-bond donors (Lipinski definition) is 2. The molecule has 1 aromatic rings. The van der Waals surface area contributed by atoms with Crippen molar-refractivity contribution in [2.45, 2.75) is 45.4 Å². The Bertz CT molecular complexity index is 440. The highest BCUT2D eigenvalue weighted by molar-refractivity contribution is 7.90. The van der Waals surface area contributed by atoms with Gasteiger partial charge >= 0.3 is 0 Å². The molecule has 0 saturated heterocycles. The van der Waals surface area contributed by atoms with E-state index in [0.29, 0.717) is 12.1 Å². The molecule has 0 aromatic heterocycles. The average Bonchev–Trinajstić information content (AvgIpc) is 2.32. The van der Waals surface area contributed by atoms with Crippen LogP contribution < -0.4 is 10.0 Å². The highest BCUT2D eigenvalue weighted by atomic mass is 32.2. The van der Waals surface area contributed by atoms with Crippen LogP contribution in [0.25, 0.3) is 0 Å². The summed E-state index contributed by atoms with van der Waals surface area (Å²) in [5.41, 5.74) is 0.305. The standard InChI is InChI=1S/C14H22F2N2OS/c1-6-17-13-11(15)7-10(8-12(13)16)9(2)18-20(19)14(3,4)5/h7-9,17-18H,6H2,1-5H3/t9-,20-/m1/s1. The fourth-order valence-electron chi connectivity index (χ4n) is 1.59. The molecule has 0 saturated carbocycles. The third-order valence-corrected chi connectivity index (χ3v) is 4.44. The summed E-state index contributed by atoms with van der Waals surface area (Å²) < 4.78 is 42.1. The van der Waals surface area contributed by atoms with Crippen LogP contribution in [-0.4, -0.2) is 15.8 Å². The molecule has 0 spiro atoms. The Balaban J connectivity index is 2.92. The van der Waals surface area contributed by atoms with Crippen molar-refractivity contribution < 1.29 is 13.3 Å². The zero-order valence-electron chi connectivity index (χ0n) is 12.5. The van der Waals surface area contributed by atoms with E-state index >= 15 is 0 Å². The number of benzene rings is 1. The minimum atomic E-state index is -1.30. The summed E-state index contributed by atoms with van der Waals surface area (Å²) in [7, 11) is 0. The van der Waals surface area contributed by atoms with E-state index in [9.17, 15) is 13.3 Å². The van der Waals surface area contributed by atoms with Crippen molar-refractivity contribution in [3.8, 4) is 0 Å². The Morgan fingerprint density at radius 2 is 1.75 bits per heavy atom. The molecule has 0 aliphatic rings. The molecule has 20 heavy (non-hydrogen) atoms. The van der Waals surface area contributed by atoms with Crippen LogP contribution in [-0.2, 0) is 11.4 Å². The summed E-state index contributed by atoms with van der Waals surface area (Å²) in [6, 6.07) is 2.12. The lowest BCUT2D eigenvalue weighted by Crippen LogP contribution is -2.40. The summed E-state index contributed by atoms with van der Waals surface area (Å²) >= 11 is -1.30. The molecule has 3 nitrogen and oxygen atoms in total. The monoisotopic (exact) mass is 304 g/mol. The van der Waals surface area contributed by atoms with Gasteiger partial charge in [-0.1, -0.05) is 0 Å². The second-order valence-corrected chi connectivity index (χ2v) is 7.61. The fourth-order valence-corrected chi connectivity index (χ4v) is 2.40. The van der Waals surface area contributed by atoms with E-state index < -0.39 is 33.8 Å². The van der Waals surface area contributed by atoms with E-state index in [0.717, 1.165) is 0 Å². The molecule has 0 amide bonds. The van der Waals surface area contributed by atoms with Crippen LogP contribution in [0.4, 0.5) is 14.5 Å². The minimum absolute atomic E-state index is 0.125. The lowest BCUT2D eigenvalue weighted by molar-refractivity contribution is 0.528. The number of rotatable bonds is 5. The van der Waals surface area contributed by atoms with Gasteiger partial charge in [0, 0.05) is 17.9 Å². The Hall–Kier alpha value is -0.850. The zero-order chi connectivity index (χ0) is 15.5. The molecule has 1 aromatic carbocycles. The van der Waals surface area contributed by atoms with Gasteiger partial charge < -0.3 is 9.87 Å². The third kappa shape index (κ3) is 4.33. The summed E-state index contributed by atoms with van der Waals surface area (Å²) in [5.74, 6) is -1.28. The van der Waals surface area contributed by atoms with Crippen molar-refractivity contribution in [2.75, 3.05) is 11.9 Å². The van der Waals surface area contributed by atoms with Crippen molar-refractivity contribution >= 4 is 17.0 Å². The normalized spacial score (nSPS) is 15.0. The maximum absolute atomic E-state index is 13.8. The third-order valence-electron chi connectivity index (χ3n) is 2.76. The molecule has 2 N–H and O–H groups in total. The molecule has 2 atom stereocenters. The minimum Gasteiger partial charge on any atom is -0.598 e. The largest absolute Gasteiger partial charge is 0.598 e. The molecule has 114 valence electrons. The van der Waals surface area contributed by atoms with Gasteiger partial charge in [0.15, 0.2) is 0 Å². The maximum atomic E-state index is 13.8. The Morgan fingerprint density at radius 1 is 1.25 bits per heavy atom. The number of hydrogen-bond acceptors (Lipinski definition) is 3. The summed E-state index contributed by atoms with van der Waals surface area (Å²) in [4.78, 5) is 0. The second kappa shape index (κ2) is 6.74. The Kier molecular flexibility index (Phi) is 5.79. The molecule has 1 rings (SSSR count). The molecule has 0 aliphatic heterocycles. The van der Waals surface area contributed by atoms with E-state index in [1.165, 1.54) is 12.1 Å². The molecule has 0 aliphatic carbocycles. The second-order valence-electron chi connectivity index (χ2n) is 5.61. The lowest BCUT2D eigenvalue weighted by atomic mass is 10.1. The summed E-state index contributed by atoms with van der Waals surface area (Å²) in [5, 5.41) is 2.64. The van der Waals surface area contributed by atoms with Crippen LogP contribution in [0.1, 0.15) is 46.2 Å². The predicted octanol–water partition coefficient (Wildman–Crippen LogP) is 3.51. The lowest BCUT2D eigenvalue weighted by Gasteiger charge is -2.26. The highest BCUT2D eigenvalue weighted by Gasteiger charge is 2.28. The highest BCUT2D eigenvalue weighted by Crippen LogP contribution is 2.25. The van der Waals surface area contributed by atoms with Gasteiger partial charge in [0.05, 0.1) is 6.04 Å². The van der Waals surface area contributed by atoms with Gasteiger partial charge in [-0.2, -0.15) is 0 Å². The van der Waals surface area contributed by atoms with E-state index in [-0.39, 0.29) is 5.69 Å². The zero-order valence-corrected chi connectivity index (χ0v) is 13.3. The fraction of sp³-hybridized carbons (Fsp3) is 0.571. The first-order valence-corrected chi connectivity index (χ1v) is 7.72. The van der Waals surface area contributed by atoms with Gasteiger partial charge in [0.25, 0.3) is 0 Å². The first-order chi connectivity index (χ1) is 9.16. The summed E-state index contributed by atoms with van der Waals surface area (Å²) in [6.45, 7) is 9.43. The molecular weight excluding hydrogens is 282 g/mol. The van der Waals surface area contributed by atoms with Gasteiger partial charge in [-0.3, -0.25) is 0 Å². The van der Waals surface area contributed by atoms with Crippen LogP contribution in [0.2, 0.25) is 0 Å². The van der Waals surface area contributed by atoms with Crippen LogP contribution in [0.3, 0.4) is 0 Å². The van der Waals surface area contributed by atoms with Crippen molar-refractivity contribution in [3.05, 3.63) is 29.3 Å². The van der Waals surface area contributed by atoms with E-state index in [1.807, 2.05) is 20.8 Å². The molecule has 0 heterocycles. The van der Waals surface area contributed by atoms with Crippen molar-refractivity contribution in [1.82, 2.24) is 4.72 Å². The molecule has 6 heteroatoms. The molecule has 0 unspecified atom stereocenters. The van der Waals surface area contributed by atoms with Crippen LogP contribution >= 0.6 is 0 Å². The van der Waals surface area contributed by atoms with Gasteiger partial charge in [-0.15, -0.1) is 4.72 Å². The van der Waals surface area contributed by atoms with Crippen LogP contribution in [0, 0.1) is 11.6 Å². The first-order valence-electron chi connectivity index (χ1n) is 6.57. The average molecular weight is 304 g/mol.